The molecule has 6 nitrogen and oxygen atoms in total. The molecule has 2 aromatic rings. The van der Waals surface area contributed by atoms with E-state index in [-0.39, 0.29) is 5.91 Å². The molecule has 1 fully saturated rings. The second kappa shape index (κ2) is 5.50. The van der Waals surface area contributed by atoms with Gasteiger partial charge in [0.2, 0.25) is 11.9 Å². The van der Waals surface area contributed by atoms with E-state index in [1.165, 1.54) is 0 Å². The van der Waals surface area contributed by atoms with Crippen molar-refractivity contribution in [1.82, 2.24) is 14.5 Å². The molecule has 2 N–H and O–H groups in total. The molecule has 0 saturated carbocycles. The molecule has 0 spiro atoms. The van der Waals surface area contributed by atoms with Crippen molar-refractivity contribution >= 4 is 22.9 Å². The summed E-state index contributed by atoms with van der Waals surface area (Å²) in [6, 6.07) is 7.77. The van der Waals surface area contributed by atoms with Crippen LogP contribution in [0, 0.1) is 0 Å². The second-order valence-electron chi connectivity index (χ2n) is 4.85. The number of aromatic nitrogens is 2. The Morgan fingerprint density at radius 3 is 2.85 bits per heavy atom. The summed E-state index contributed by atoms with van der Waals surface area (Å²) < 4.78 is 7.14. The molecule has 2 heterocycles. The van der Waals surface area contributed by atoms with Gasteiger partial charge in [-0.05, 0) is 12.1 Å². The standard InChI is InChI=1S/C14H18N4O2/c15-14-16-11-3-1-2-4-12(11)18(14)6-5-13(19)17-7-9-20-10-8-17/h1-4H,5-10H2,(H2,15,16). The molecule has 0 atom stereocenters. The van der Waals surface area contributed by atoms with Crippen molar-refractivity contribution in [3.63, 3.8) is 0 Å². The van der Waals surface area contributed by atoms with Crippen LogP contribution in [0.3, 0.4) is 0 Å². The van der Waals surface area contributed by atoms with Crippen LogP contribution < -0.4 is 5.73 Å². The van der Waals surface area contributed by atoms with Crippen LogP contribution in [0.2, 0.25) is 0 Å². The Morgan fingerprint density at radius 1 is 1.30 bits per heavy atom. The fourth-order valence-electron chi connectivity index (χ4n) is 2.51. The summed E-state index contributed by atoms with van der Waals surface area (Å²) in [4.78, 5) is 18.3. The number of ether oxygens (including phenoxy) is 1. The van der Waals surface area contributed by atoms with Crippen LogP contribution in [0.5, 0.6) is 0 Å². The topological polar surface area (TPSA) is 73.4 Å². The van der Waals surface area contributed by atoms with Crippen molar-refractivity contribution in [3.05, 3.63) is 24.3 Å². The zero-order chi connectivity index (χ0) is 13.9. The van der Waals surface area contributed by atoms with E-state index < -0.39 is 0 Å². The first kappa shape index (κ1) is 12.9. The van der Waals surface area contributed by atoms with Gasteiger partial charge in [0.05, 0.1) is 24.2 Å². The van der Waals surface area contributed by atoms with Crippen molar-refractivity contribution in [2.75, 3.05) is 32.0 Å². The molecule has 3 rings (SSSR count). The molecule has 0 radical (unpaired) electrons. The predicted molar refractivity (Wildman–Crippen MR) is 76.2 cm³/mol. The molecule has 1 saturated heterocycles. The van der Waals surface area contributed by atoms with Crippen LogP contribution in [0.15, 0.2) is 24.3 Å². The zero-order valence-corrected chi connectivity index (χ0v) is 11.3. The van der Waals surface area contributed by atoms with Gasteiger partial charge in [0.25, 0.3) is 0 Å². The van der Waals surface area contributed by atoms with Gasteiger partial charge in [0.15, 0.2) is 0 Å². The van der Waals surface area contributed by atoms with E-state index in [9.17, 15) is 4.79 Å². The van der Waals surface area contributed by atoms with E-state index in [1.807, 2.05) is 33.7 Å². The number of benzene rings is 1. The molecular formula is C14H18N4O2. The van der Waals surface area contributed by atoms with Gasteiger partial charge in [-0.25, -0.2) is 4.98 Å². The lowest BCUT2D eigenvalue weighted by Crippen LogP contribution is -2.41. The van der Waals surface area contributed by atoms with Gasteiger partial charge < -0.3 is 19.9 Å². The molecule has 0 bridgehead atoms. The summed E-state index contributed by atoms with van der Waals surface area (Å²) in [5, 5.41) is 0. The summed E-state index contributed by atoms with van der Waals surface area (Å²) in [5.41, 5.74) is 7.76. The number of nitrogens with two attached hydrogens (primary N) is 1. The van der Waals surface area contributed by atoms with E-state index in [2.05, 4.69) is 4.98 Å². The molecule has 20 heavy (non-hydrogen) atoms. The smallest absolute Gasteiger partial charge is 0.224 e. The minimum Gasteiger partial charge on any atom is -0.378 e. The SMILES string of the molecule is Nc1nc2ccccc2n1CCC(=O)N1CCOCC1. The number of aryl methyl sites for hydroxylation is 1. The number of amides is 1. The molecule has 6 heteroatoms. The Morgan fingerprint density at radius 2 is 2.05 bits per heavy atom. The minimum atomic E-state index is 0.144. The number of carbonyl (C=O) groups excluding carboxylic acids is 1. The van der Waals surface area contributed by atoms with E-state index >= 15 is 0 Å². The molecule has 106 valence electrons. The number of para-hydroxylation sites is 2. The molecule has 1 aliphatic rings. The van der Waals surface area contributed by atoms with Crippen LogP contribution in [-0.2, 0) is 16.1 Å². The maximum absolute atomic E-state index is 12.1. The molecule has 1 aromatic heterocycles. The number of carbonyl (C=O) groups is 1. The molecule has 1 aliphatic heterocycles. The maximum atomic E-state index is 12.1. The van der Waals surface area contributed by atoms with Gasteiger partial charge in [0.1, 0.15) is 0 Å². The summed E-state index contributed by atoms with van der Waals surface area (Å²) in [6.45, 7) is 3.17. The minimum absolute atomic E-state index is 0.144. The van der Waals surface area contributed by atoms with E-state index in [1.54, 1.807) is 0 Å². The monoisotopic (exact) mass is 274 g/mol. The van der Waals surface area contributed by atoms with Gasteiger partial charge in [-0.15, -0.1) is 0 Å². The number of hydrogen-bond donors (Lipinski definition) is 1. The van der Waals surface area contributed by atoms with Crippen molar-refractivity contribution in [2.24, 2.45) is 0 Å². The van der Waals surface area contributed by atoms with Gasteiger partial charge in [0, 0.05) is 26.1 Å². The number of nitrogen functional groups attached to an aromatic ring is 1. The van der Waals surface area contributed by atoms with E-state index in [4.69, 9.17) is 10.5 Å². The first-order chi connectivity index (χ1) is 9.75. The number of fused-ring (bicyclic) bond motifs is 1. The van der Waals surface area contributed by atoms with Crippen LogP contribution in [0.25, 0.3) is 11.0 Å². The first-order valence-electron chi connectivity index (χ1n) is 6.82. The lowest BCUT2D eigenvalue weighted by molar-refractivity contribution is -0.135. The lowest BCUT2D eigenvalue weighted by Gasteiger charge is -2.27. The maximum Gasteiger partial charge on any atom is 0.224 e. The number of morpholine rings is 1. The highest BCUT2D eigenvalue weighted by Crippen LogP contribution is 2.18. The summed E-state index contributed by atoms with van der Waals surface area (Å²) in [6.07, 6.45) is 0.435. The molecule has 1 aromatic carbocycles. The highest BCUT2D eigenvalue weighted by molar-refractivity contribution is 5.79. The molecule has 1 amide bonds. The van der Waals surface area contributed by atoms with Crippen molar-refractivity contribution in [3.8, 4) is 0 Å². The van der Waals surface area contributed by atoms with Gasteiger partial charge in [-0.1, -0.05) is 12.1 Å². The van der Waals surface area contributed by atoms with Crippen LogP contribution in [-0.4, -0.2) is 46.7 Å². The van der Waals surface area contributed by atoms with Crippen LogP contribution >= 0.6 is 0 Å². The normalized spacial score (nSPS) is 15.7. The summed E-state index contributed by atoms with van der Waals surface area (Å²) in [5.74, 6) is 0.603. The first-order valence-corrected chi connectivity index (χ1v) is 6.82. The highest BCUT2D eigenvalue weighted by Gasteiger charge is 2.17. The lowest BCUT2D eigenvalue weighted by atomic mass is 10.3. The highest BCUT2D eigenvalue weighted by atomic mass is 16.5. The van der Waals surface area contributed by atoms with Crippen molar-refractivity contribution in [2.45, 2.75) is 13.0 Å². The molecule has 0 unspecified atom stereocenters. The van der Waals surface area contributed by atoms with Gasteiger partial charge >= 0.3 is 0 Å². The average Bonchev–Trinajstić information content (AvgIpc) is 2.81. The Balaban J connectivity index is 1.70. The molecular weight excluding hydrogens is 256 g/mol. The van der Waals surface area contributed by atoms with E-state index in [0.717, 1.165) is 11.0 Å². The van der Waals surface area contributed by atoms with Crippen LogP contribution in [0.4, 0.5) is 5.95 Å². The largest absolute Gasteiger partial charge is 0.378 e. The van der Waals surface area contributed by atoms with Gasteiger partial charge in [-0.3, -0.25) is 4.79 Å². The van der Waals surface area contributed by atoms with E-state index in [0.29, 0.717) is 45.2 Å². The Labute approximate surface area is 117 Å². The predicted octanol–water partition coefficient (Wildman–Crippen LogP) is 0.867. The van der Waals surface area contributed by atoms with Crippen molar-refractivity contribution < 1.29 is 9.53 Å². The third kappa shape index (κ3) is 2.46. The summed E-state index contributed by atoms with van der Waals surface area (Å²) >= 11 is 0. The Hall–Kier alpha value is -2.08. The fourth-order valence-corrected chi connectivity index (χ4v) is 2.51. The Kier molecular flexibility index (Phi) is 3.56. The van der Waals surface area contributed by atoms with Gasteiger partial charge in [-0.2, -0.15) is 0 Å². The fraction of sp³-hybridized carbons (Fsp3) is 0.429. The number of rotatable bonds is 3. The number of nitrogens with zero attached hydrogens (tertiary/aromatic N) is 3. The summed E-state index contributed by atoms with van der Waals surface area (Å²) in [7, 11) is 0. The molecule has 0 aliphatic carbocycles. The van der Waals surface area contributed by atoms with Crippen LogP contribution in [0.1, 0.15) is 6.42 Å². The third-order valence-electron chi connectivity index (χ3n) is 3.60. The van der Waals surface area contributed by atoms with Crippen molar-refractivity contribution in [1.29, 1.82) is 0 Å². The average molecular weight is 274 g/mol. The quantitative estimate of drug-likeness (QED) is 0.901. The zero-order valence-electron chi connectivity index (χ0n) is 11.3. The number of imidazole rings is 1. The third-order valence-corrected chi connectivity index (χ3v) is 3.60. The Bertz CT molecular complexity index is 617. The number of anilines is 1. The number of hydrogen-bond acceptors (Lipinski definition) is 4. The second-order valence-corrected chi connectivity index (χ2v) is 4.85.